The van der Waals surface area contributed by atoms with Crippen LogP contribution in [0.3, 0.4) is 0 Å². The van der Waals surface area contributed by atoms with Gasteiger partial charge in [0.15, 0.2) is 0 Å². The van der Waals surface area contributed by atoms with Crippen molar-refractivity contribution in [1.82, 2.24) is 15.1 Å². The fourth-order valence-electron chi connectivity index (χ4n) is 2.84. The Morgan fingerprint density at radius 3 is 2.86 bits per heavy atom. The van der Waals surface area contributed by atoms with E-state index in [-0.39, 0.29) is 11.9 Å². The number of aromatic amines is 1. The highest BCUT2D eigenvalue weighted by atomic mass is 16.5. The van der Waals surface area contributed by atoms with Gasteiger partial charge in [0.25, 0.3) is 5.91 Å². The standard InChI is InChI=1S/C16H19N3O2/c1-21-11-14-3-2-10-19(14)16(20)13-6-4-12(5-7-13)15-8-9-17-18-15/h4-9,14H,2-3,10-11H2,1H3,(H,17,18)/t14-/m1/s1. The number of H-pyrrole nitrogens is 1. The zero-order valence-corrected chi connectivity index (χ0v) is 12.1. The Labute approximate surface area is 123 Å². The molecule has 1 aromatic heterocycles. The van der Waals surface area contributed by atoms with Gasteiger partial charge in [0.2, 0.25) is 0 Å². The first kappa shape index (κ1) is 13.8. The molecule has 1 atom stereocenters. The van der Waals surface area contributed by atoms with Crippen molar-refractivity contribution in [2.24, 2.45) is 0 Å². The molecule has 1 saturated heterocycles. The van der Waals surface area contributed by atoms with Crippen LogP contribution in [0.1, 0.15) is 23.2 Å². The minimum atomic E-state index is 0.0886. The molecule has 2 heterocycles. The first-order valence-corrected chi connectivity index (χ1v) is 7.19. The number of ether oxygens (including phenoxy) is 1. The zero-order chi connectivity index (χ0) is 14.7. The lowest BCUT2D eigenvalue weighted by Gasteiger charge is -2.24. The number of likely N-dealkylation sites (tertiary alicyclic amines) is 1. The molecule has 1 aromatic carbocycles. The van der Waals surface area contributed by atoms with Crippen LogP contribution in [0.5, 0.6) is 0 Å². The van der Waals surface area contributed by atoms with Crippen LogP contribution in [0.15, 0.2) is 36.5 Å². The van der Waals surface area contributed by atoms with Gasteiger partial charge < -0.3 is 9.64 Å². The van der Waals surface area contributed by atoms with E-state index in [1.807, 2.05) is 35.2 Å². The lowest BCUT2D eigenvalue weighted by atomic mass is 10.1. The third-order valence-corrected chi connectivity index (χ3v) is 3.94. The number of carbonyl (C=O) groups is 1. The van der Waals surface area contributed by atoms with Crippen molar-refractivity contribution in [2.75, 3.05) is 20.3 Å². The molecule has 0 radical (unpaired) electrons. The Bertz CT molecular complexity index is 592. The smallest absolute Gasteiger partial charge is 0.254 e. The normalized spacial score (nSPS) is 18.1. The molecule has 110 valence electrons. The Balaban J connectivity index is 1.76. The van der Waals surface area contributed by atoms with Gasteiger partial charge in [-0.25, -0.2) is 0 Å². The number of carbonyl (C=O) groups excluding carboxylic acids is 1. The van der Waals surface area contributed by atoms with Crippen LogP contribution in [-0.2, 0) is 4.74 Å². The summed E-state index contributed by atoms with van der Waals surface area (Å²) in [6.45, 7) is 1.42. The first-order valence-electron chi connectivity index (χ1n) is 7.19. The fourth-order valence-corrected chi connectivity index (χ4v) is 2.84. The Morgan fingerprint density at radius 2 is 2.19 bits per heavy atom. The van der Waals surface area contributed by atoms with Crippen LogP contribution < -0.4 is 0 Å². The number of methoxy groups -OCH3 is 1. The average molecular weight is 285 g/mol. The van der Waals surface area contributed by atoms with E-state index in [9.17, 15) is 4.79 Å². The third-order valence-electron chi connectivity index (χ3n) is 3.94. The van der Waals surface area contributed by atoms with Crippen molar-refractivity contribution >= 4 is 5.91 Å². The van der Waals surface area contributed by atoms with Crippen LogP contribution in [-0.4, -0.2) is 47.3 Å². The number of nitrogens with zero attached hydrogens (tertiary/aromatic N) is 2. The molecule has 21 heavy (non-hydrogen) atoms. The Kier molecular flexibility index (Phi) is 4.01. The fraction of sp³-hybridized carbons (Fsp3) is 0.375. The topological polar surface area (TPSA) is 58.2 Å². The number of benzene rings is 1. The molecule has 1 fully saturated rings. The summed E-state index contributed by atoms with van der Waals surface area (Å²) >= 11 is 0. The molecule has 0 saturated carbocycles. The molecule has 2 aromatic rings. The van der Waals surface area contributed by atoms with E-state index in [1.54, 1.807) is 13.3 Å². The molecule has 1 N–H and O–H groups in total. The number of hydrogen-bond donors (Lipinski definition) is 1. The van der Waals surface area contributed by atoms with E-state index in [0.717, 1.165) is 36.2 Å². The summed E-state index contributed by atoms with van der Waals surface area (Å²) in [6.07, 6.45) is 3.78. The summed E-state index contributed by atoms with van der Waals surface area (Å²) in [5.74, 6) is 0.0886. The first-order chi connectivity index (χ1) is 10.3. The number of rotatable bonds is 4. The monoisotopic (exact) mass is 285 g/mol. The molecule has 0 spiro atoms. The molecule has 5 heteroatoms. The lowest BCUT2D eigenvalue weighted by Crippen LogP contribution is -2.38. The maximum Gasteiger partial charge on any atom is 0.254 e. The molecule has 5 nitrogen and oxygen atoms in total. The van der Waals surface area contributed by atoms with Gasteiger partial charge in [-0.15, -0.1) is 0 Å². The molecule has 0 unspecified atom stereocenters. The highest BCUT2D eigenvalue weighted by Crippen LogP contribution is 2.22. The second-order valence-electron chi connectivity index (χ2n) is 5.30. The highest BCUT2D eigenvalue weighted by Gasteiger charge is 2.29. The number of nitrogens with one attached hydrogen (secondary N) is 1. The van der Waals surface area contributed by atoms with Crippen LogP contribution in [0, 0.1) is 0 Å². The maximum atomic E-state index is 12.6. The van der Waals surface area contributed by atoms with E-state index in [0.29, 0.717) is 6.61 Å². The van der Waals surface area contributed by atoms with Gasteiger partial charge >= 0.3 is 0 Å². The van der Waals surface area contributed by atoms with Crippen LogP contribution in [0.4, 0.5) is 0 Å². The van der Waals surface area contributed by atoms with Gasteiger partial charge in [-0.2, -0.15) is 5.10 Å². The van der Waals surface area contributed by atoms with Crippen molar-refractivity contribution in [3.8, 4) is 11.3 Å². The SMILES string of the molecule is COC[C@H]1CCCN1C(=O)c1ccc(-c2ccn[nH]2)cc1. The summed E-state index contributed by atoms with van der Waals surface area (Å²) in [7, 11) is 1.68. The Morgan fingerprint density at radius 1 is 1.38 bits per heavy atom. The van der Waals surface area contributed by atoms with Gasteiger partial charge in [0.05, 0.1) is 18.3 Å². The van der Waals surface area contributed by atoms with E-state index in [4.69, 9.17) is 4.74 Å². The molecular weight excluding hydrogens is 266 g/mol. The zero-order valence-electron chi connectivity index (χ0n) is 12.1. The van der Waals surface area contributed by atoms with E-state index in [2.05, 4.69) is 10.2 Å². The van der Waals surface area contributed by atoms with Crippen molar-refractivity contribution < 1.29 is 9.53 Å². The van der Waals surface area contributed by atoms with Crippen molar-refractivity contribution in [1.29, 1.82) is 0 Å². The minimum absolute atomic E-state index is 0.0886. The molecule has 0 bridgehead atoms. The largest absolute Gasteiger partial charge is 0.383 e. The number of amides is 1. The van der Waals surface area contributed by atoms with Crippen molar-refractivity contribution in [3.05, 3.63) is 42.1 Å². The predicted molar refractivity (Wildman–Crippen MR) is 80.0 cm³/mol. The van der Waals surface area contributed by atoms with Gasteiger partial charge in [-0.05, 0) is 36.6 Å². The minimum Gasteiger partial charge on any atom is -0.383 e. The molecule has 3 rings (SSSR count). The molecule has 1 aliphatic heterocycles. The Hall–Kier alpha value is -2.14. The van der Waals surface area contributed by atoms with Gasteiger partial charge in [0, 0.05) is 25.4 Å². The van der Waals surface area contributed by atoms with Gasteiger partial charge in [-0.3, -0.25) is 9.89 Å². The molecule has 0 aliphatic carbocycles. The summed E-state index contributed by atoms with van der Waals surface area (Å²) in [6, 6.07) is 9.76. The van der Waals surface area contributed by atoms with E-state index >= 15 is 0 Å². The summed E-state index contributed by atoms with van der Waals surface area (Å²) < 4.78 is 5.21. The third kappa shape index (κ3) is 2.83. The molecule has 1 amide bonds. The maximum absolute atomic E-state index is 12.6. The molecule has 1 aliphatic rings. The van der Waals surface area contributed by atoms with Crippen LogP contribution >= 0.6 is 0 Å². The quantitative estimate of drug-likeness (QED) is 0.938. The summed E-state index contributed by atoms with van der Waals surface area (Å²) in [4.78, 5) is 14.5. The predicted octanol–water partition coefficient (Wildman–Crippen LogP) is 2.33. The number of hydrogen-bond acceptors (Lipinski definition) is 3. The highest BCUT2D eigenvalue weighted by molar-refractivity contribution is 5.95. The lowest BCUT2D eigenvalue weighted by molar-refractivity contribution is 0.0630. The average Bonchev–Trinajstić information content (AvgIpc) is 3.19. The van der Waals surface area contributed by atoms with E-state index in [1.165, 1.54) is 0 Å². The van der Waals surface area contributed by atoms with Crippen LogP contribution in [0.2, 0.25) is 0 Å². The second-order valence-corrected chi connectivity index (χ2v) is 5.30. The van der Waals surface area contributed by atoms with Crippen molar-refractivity contribution in [3.63, 3.8) is 0 Å². The second kappa shape index (κ2) is 6.10. The van der Waals surface area contributed by atoms with Gasteiger partial charge in [-0.1, -0.05) is 12.1 Å². The van der Waals surface area contributed by atoms with E-state index < -0.39 is 0 Å². The summed E-state index contributed by atoms with van der Waals surface area (Å²) in [5.41, 5.74) is 2.70. The van der Waals surface area contributed by atoms with Crippen LogP contribution in [0.25, 0.3) is 11.3 Å². The van der Waals surface area contributed by atoms with Gasteiger partial charge in [0.1, 0.15) is 0 Å². The summed E-state index contributed by atoms with van der Waals surface area (Å²) in [5, 5.41) is 6.85. The number of aromatic nitrogens is 2. The van der Waals surface area contributed by atoms with Crippen molar-refractivity contribution in [2.45, 2.75) is 18.9 Å². The molecular formula is C16H19N3O2.